The molecule has 8 heteroatoms. The highest BCUT2D eigenvalue weighted by Gasteiger charge is 2.09. The molecule has 0 bridgehead atoms. The largest absolute Gasteiger partial charge is 0.497 e. The first-order valence-electron chi connectivity index (χ1n) is 7.73. The molecule has 1 amide bonds. The number of amides is 1. The third-order valence-electron chi connectivity index (χ3n) is 3.36. The van der Waals surface area contributed by atoms with E-state index in [-0.39, 0.29) is 11.9 Å². The van der Waals surface area contributed by atoms with Crippen molar-refractivity contribution in [2.24, 2.45) is 0 Å². The van der Waals surface area contributed by atoms with Crippen LogP contribution in [0.4, 0.5) is 5.13 Å². The monoisotopic (exact) mass is 366 g/mol. The van der Waals surface area contributed by atoms with Gasteiger partial charge in [-0.2, -0.15) is 0 Å². The molecule has 0 aliphatic rings. The number of methoxy groups -OCH3 is 1. The SMILES string of the molecule is CCC(C)NC(=O)CSc1nnc(NCc2ccc(OC)cc2)s1. The van der Waals surface area contributed by atoms with Crippen molar-refractivity contribution in [1.29, 1.82) is 0 Å². The first kappa shape index (κ1) is 18.5. The average Bonchev–Trinajstić information content (AvgIpc) is 3.06. The Morgan fingerprint density at radius 1 is 1.33 bits per heavy atom. The molecule has 1 aromatic heterocycles. The van der Waals surface area contributed by atoms with Crippen LogP contribution in [0.1, 0.15) is 25.8 Å². The van der Waals surface area contributed by atoms with Crippen molar-refractivity contribution in [3.05, 3.63) is 29.8 Å². The molecule has 6 nitrogen and oxygen atoms in total. The van der Waals surface area contributed by atoms with Gasteiger partial charge in [0.15, 0.2) is 4.34 Å². The number of hydrogen-bond acceptors (Lipinski definition) is 7. The van der Waals surface area contributed by atoms with Crippen molar-refractivity contribution in [3.63, 3.8) is 0 Å². The maximum Gasteiger partial charge on any atom is 0.230 e. The second-order valence-electron chi connectivity index (χ2n) is 5.24. The summed E-state index contributed by atoms with van der Waals surface area (Å²) < 4.78 is 5.92. The third kappa shape index (κ3) is 6.01. The zero-order valence-corrected chi connectivity index (χ0v) is 15.7. The Hall–Kier alpha value is -1.80. The highest BCUT2D eigenvalue weighted by molar-refractivity contribution is 8.01. The Morgan fingerprint density at radius 2 is 2.08 bits per heavy atom. The van der Waals surface area contributed by atoms with Crippen LogP contribution in [0, 0.1) is 0 Å². The number of nitrogens with one attached hydrogen (secondary N) is 2. The highest BCUT2D eigenvalue weighted by atomic mass is 32.2. The van der Waals surface area contributed by atoms with Crippen molar-refractivity contribution in [1.82, 2.24) is 15.5 Å². The van der Waals surface area contributed by atoms with Crippen LogP contribution >= 0.6 is 23.1 Å². The third-order valence-corrected chi connectivity index (χ3v) is 5.37. The molecule has 2 rings (SSSR count). The van der Waals surface area contributed by atoms with E-state index in [4.69, 9.17) is 4.74 Å². The fourth-order valence-corrected chi connectivity index (χ4v) is 3.37. The Kier molecular flexibility index (Phi) is 7.33. The first-order valence-corrected chi connectivity index (χ1v) is 9.53. The van der Waals surface area contributed by atoms with Crippen molar-refractivity contribution in [2.45, 2.75) is 37.2 Å². The summed E-state index contributed by atoms with van der Waals surface area (Å²) in [7, 11) is 1.65. The molecule has 2 N–H and O–H groups in total. The number of carbonyl (C=O) groups is 1. The van der Waals surface area contributed by atoms with Gasteiger partial charge in [0, 0.05) is 12.6 Å². The Balaban J connectivity index is 1.77. The van der Waals surface area contributed by atoms with Crippen LogP contribution in [0.3, 0.4) is 0 Å². The normalized spacial score (nSPS) is 11.8. The minimum absolute atomic E-state index is 0.0253. The lowest BCUT2D eigenvalue weighted by Gasteiger charge is -2.09. The van der Waals surface area contributed by atoms with Crippen LogP contribution in [0.5, 0.6) is 5.75 Å². The smallest absolute Gasteiger partial charge is 0.230 e. The van der Waals surface area contributed by atoms with Gasteiger partial charge >= 0.3 is 0 Å². The summed E-state index contributed by atoms with van der Waals surface area (Å²) in [6.07, 6.45) is 0.925. The molecule has 0 aliphatic heterocycles. The summed E-state index contributed by atoms with van der Waals surface area (Å²) in [6.45, 7) is 4.70. The Morgan fingerprint density at radius 3 is 2.75 bits per heavy atom. The number of aromatic nitrogens is 2. The molecule has 24 heavy (non-hydrogen) atoms. The zero-order valence-electron chi connectivity index (χ0n) is 14.0. The number of anilines is 1. The van der Waals surface area contributed by atoms with Crippen LogP contribution < -0.4 is 15.4 Å². The summed E-state index contributed by atoms with van der Waals surface area (Å²) in [5.74, 6) is 1.22. The molecule has 2 aromatic rings. The van der Waals surface area contributed by atoms with E-state index in [1.807, 2.05) is 38.1 Å². The highest BCUT2D eigenvalue weighted by Crippen LogP contribution is 2.25. The lowest BCUT2D eigenvalue weighted by atomic mass is 10.2. The lowest BCUT2D eigenvalue weighted by Crippen LogP contribution is -2.33. The topological polar surface area (TPSA) is 76.1 Å². The maximum absolute atomic E-state index is 11.8. The number of nitrogens with zero attached hydrogens (tertiary/aromatic N) is 2. The van der Waals surface area contributed by atoms with Crippen molar-refractivity contribution in [3.8, 4) is 5.75 Å². The van der Waals surface area contributed by atoms with Crippen LogP contribution in [-0.4, -0.2) is 35.0 Å². The number of hydrogen-bond donors (Lipinski definition) is 2. The van der Waals surface area contributed by atoms with Gasteiger partial charge in [-0.05, 0) is 31.0 Å². The van der Waals surface area contributed by atoms with Crippen LogP contribution in [0.15, 0.2) is 28.6 Å². The fraction of sp³-hybridized carbons (Fsp3) is 0.438. The van der Waals surface area contributed by atoms with E-state index in [9.17, 15) is 4.79 Å². The van der Waals surface area contributed by atoms with Gasteiger partial charge in [0.1, 0.15) is 5.75 Å². The van der Waals surface area contributed by atoms with E-state index in [0.29, 0.717) is 12.3 Å². The molecule has 0 saturated heterocycles. The second-order valence-corrected chi connectivity index (χ2v) is 7.44. The molecular weight excluding hydrogens is 344 g/mol. The van der Waals surface area contributed by atoms with Gasteiger partial charge in [0.2, 0.25) is 11.0 Å². The minimum atomic E-state index is 0.0253. The van der Waals surface area contributed by atoms with Gasteiger partial charge < -0.3 is 15.4 Å². The van der Waals surface area contributed by atoms with Crippen molar-refractivity contribution in [2.75, 3.05) is 18.2 Å². The summed E-state index contributed by atoms with van der Waals surface area (Å²) in [4.78, 5) is 11.8. The predicted octanol–water partition coefficient (Wildman–Crippen LogP) is 3.17. The fourth-order valence-electron chi connectivity index (χ4n) is 1.81. The minimum Gasteiger partial charge on any atom is -0.497 e. The van der Waals surface area contributed by atoms with E-state index in [1.165, 1.54) is 23.1 Å². The van der Waals surface area contributed by atoms with Gasteiger partial charge in [0.05, 0.1) is 12.9 Å². The molecule has 0 saturated carbocycles. The van der Waals surface area contributed by atoms with Gasteiger partial charge in [0.25, 0.3) is 0 Å². The first-order chi connectivity index (χ1) is 11.6. The van der Waals surface area contributed by atoms with Gasteiger partial charge in [-0.1, -0.05) is 42.2 Å². The standard InChI is InChI=1S/C16H22N4O2S2/c1-4-11(2)18-14(21)10-23-16-20-19-15(24-16)17-9-12-5-7-13(22-3)8-6-12/h5-8,11H,4,9-10H2,1-3H3,(H,17,19)(H,18,21). The van der Waals surface area contributed by atoms with E-state index in [2.05, 4.69) is 20.8 Å². The predicted molar refractivity (Wildman–Crippen MR) is 98.8 cm³/mol. The molecule has 0 radical (unpaired) electrons. The van der Waals surface area contributed by atoms with Crippen molar-refractivity contribution < 1.29 is 9.53 Å². The Bertz CT molecular complexity index is 646. The maximum atomic E-state index is 11.8. The zero-order chi connectivity index (χ0) is 17.4. The number of carbonyl (C=O) groups excluding carboxylic acids is 1. The number of benzene rings is 1. The lowest BCUT2D eigenvalue weighted by molar-refractivity contribution is -0.119. The van der Waals surface area contributed by atoms with Crippen molar-refractivity contribution >= 4 is 34.1 Å². The molecule has 0 fully saturated rings. The summed E-state index contributed by atoms with van der Waals surface area (Å²) in [5, 5.41) is 15.1. The van der Waals surface area contributed by atoms with E-state index in [1.54, 1.807) is 7.11 Å². The molecule has 0 spiro atoms. The van der Waals surface area contributed by atoms with Gasteiger partial charge in [-0.15, -0.1) is 10.2 Å². The van der Waals surface area contributed by atoms with E-state index in [0.717, 1.165) is 27.2 Å². The second kappa shape index (κ2) is 9.48. The van der Waals surface area contributed by atoms with Gasteiger partial charge in [-0.25, -0.2) is 0 Å². The average molecular weight is 367 g/mol. The van der Waals surface area contributed by atoms with Crippen LogP contribution in [-0.2, 0) is 11.3 Å². The molecule has 0 aliphatic carbocycles. The molecule has 1 atom stereocenters. The summed E-state index contributed by atoms with van der Waals surface area (Å²) >= 11 is 2.86. The quantitative estimate of drug-likeness (QED) is 0.664. The molecule has 1 heterocycles. The van der Waals surface area contributed by atoms with Crippen LogP contribution in [0.25, 0.3) is 0 Å². The Labute approximate surface area is 150 Å². The van der Waals surface area contributed by atoms with E-state index >= 15 is 0 Å². The molecular formula is C16H22N4O2S2. The number of thioether (sulfide) groups is 1. The van der Waals surface area contributed by atoms with E-state index < -0.39 is 0 Å². The van der Waals surface area contributed by atoms with Crippen LogP contribution in [0.2, 0.25) is 0 Å². The molecule has 1 unspecified atom stereocenters. The summed E-state index contributed by atoms with van der Waals surface area (Å²) in [5.41, 5.74) is 1.13. The summed E-state index contributed by atoms with van der Waals surface area (Å²) in [6, 6.07) is 8.06. The molecule has 1 aromatic carbocycles. The molecule has 130 valence electrons. The van der Waals surface area contributed by atoms with Gasteiger partial charge in [-0.3, -0.25) is 4.79 Å². The number of rotatable bonds is 9. The number of ether oxygens (including phenoxy) is 1.